The molecule has 0 radical (unpaired) electrons. The highest BCUT2D eigenvalue weighted by Gasteiger charge is 2.39. The van der Waals surface area contributed by atoms with Gasteiger partial charge >= 0.3 is 0 Å². The molecule has 0 aliphatic carbocycles. The van der Waals surface area contributed by atoms with Crippen LogP contribution in [0.15, 0.2) is 0 Å². The lowest BCUT2D eigenvalue weighted by Crippen LogP contribution is -2.48. The van der Waals surface area contributed by atoms with Crippen molar-refractivity contribution in [3.63, 3.8) is 0 Å². The maximum atomic E-state index is 10.2. The summed E-state index contributed by atoms with van der Waals surface area (Å²) in [5.74, 6) is 0. The Hall–Kier alpha value is -0.120. The fourth-order valence-electron chi connectivity index (χ4n) is 1.89. The van der Waals surface area contributed by atoms with Gasteiger partial charge < -0.3 is 15.2 Å². The van der Waals surface area contributed by atoms with E-state index in [9.17, 15) is 5.11 Å². The van der Waals surface area contributed by atoms with Crippen LogP contribution in [0.25, 0.3) is 0 Å². The van der Waals surface area contributed by atoms with Gasteiger partial charge in [-0.3, -0.25) is 0 Å². The Morgan fingerprint density at radius 2 is 2.36 bits per heavy atom. The fraction of sp³-hybridized carbons (Fsp3) is 1.00. The second-order valence-corrected chi connectivity index (χ2v) is 4.44. The van der Waals surface area contributed by atoms with Gasteiger partial charge in [-0.25, -0.2) is 0 Å². The Morgan fingerprint density at radius 1 is 1.64 bits per heavy atom. The zero-order valence-corrected chi connectivity index (χ0v) is 9.55. The van der Waals surface area contributed by atoms with Gasteiger partial charge in [-0.05, 0) is 20.3 Å². The third kappa shape index (κ3) is 2.94. The van der Waals surface area contributed by atoms with Gasteiger partial charge in [0.05, 0.1) is 6.10 Å². The van der Waals surface area contributed by atoms with Crippen molar-refractivity contribution in [3.8, 4) is 0 Å². The summed E-state index contributed by atoms with van der Waals surface area (Å²) < 4.78 is 5.37. The van der Waals surface area contributed by atoms with E-state index in [1.165, 1.54) is 6.42 Å². The molecule has 2 N–H and O–H groups in total. The zero-order chi connectivity index (χ0) is 10.6. The van der Waals surface area contributed by atoms with Crippen molar-refractivity contribution in [1.82, 2.24) is 5.32 Å². The topological polar surface area (TPSA) is 41.5 Å². The number of ether oxygens (including phenoxy) is 1. The van der Waals surface area contributed by atoms with Crippen LogP contribution >= 0.6 is 0 Å². The molecule has 1 fully saturated rings. The lowest BCUT2D eigenvalue weighted by molar-refractivity contribution is -0.0275. The van der Waals surface area contributed by atoms with Gasteiger partial charge in [-0.1, -0.05) is 13.3 Å². The van der Waals surface area contributed by atoms with E-state index in [4.69, 9.17) is 4.74 Å². The molecule has 84 valence electrons. The maximum Gasteiger partial charge on any atom is 0.105 e. The first-order valence-corrected chi connectivity index (χ1v) is 5.66. The van der Waals surface area contributed by atoms with Gasteiger partial charge in [-0.2, -0.15) is 0 Å². The molecule has 1 rings (SSSR count). The van der Waals surface area contributed by atoms with Crippen molar-refractivity contribution < 1.29 is 9.84 Å². The standard InChI is InChI=1S/C11H23NO2/c1-4-5-9(2)12-8-11(13)6-7-14-10(11)3/h9-10,12-13H,4-8H2,1-3H3. The summed E-state index contributed by atoms with van der Waals surface area (Å²) in [6, 6.07) is 0.483. The summed E-state index contributed by atoms with van der Waals surface area (Å²) in [6.07, 6.45) is 3.05. The van der Waals surface area contributed by atoms with E-state index in [1.807, 2.05) is 6.92 Å². The van der Waals surface area contributed by atoms with Gasteiger partial charge in [0.1, 0.15) is 5.60 Å². The van der Waals surface area contributed by atoms with Crippen molar-refractivity contribution in [2.75, 3.05) is 13.2 Å². The molecule has 1 saturated heterocycles. The number of hydrogen-bond acceptors (Lipinski definition) is 3. The highest BCUT2D eigenvalue weighted by molar-refractivity contribution is 4.92. The molecule has 0 aromatic carbocycles. The van der Waals surface area contributed by atoms with E-state index in [1.54, 1.807) is 0 Å². The van der Waals surface area contributed by atoms with Crippen LogP contribution in [0.4, 0.5) is 0 Å². The summed E-state index contributed by atoms with van der Waals surface area (Å²) in [4.78, 5) is 0. The van der Waals surface area contributed by atoms with Crippen LogP contribution in [0.5, 0.6) is 0 Å². The van der Waals surface area contributed by atoms with E-state index in [0.717, 1.165) is 12.8 Å². The first-order valence-electron chi connectivity index (χ1n) is 5.66. The highest BCUT2D eigenvalue weighted by atomic mass is 16.5. The normalized spacial score (nSPS) is 34.7. The number of aliphatic hydroxyl groups is 1. The Balaban J connectivity index is 2.29. The van der Waals surface area contributed by atoms with Gasteiger partial charge in [0.25, 0.3) is 0 Å². The van der Waals surface area contributed by atoms with Crippen LogP contribution in [-0.2, 0) is 4.74 Å². The molecule has 1 aliphatic heterocycles. The monoisotopic (exact) mass is 201 g/mol. The molecular weight excluding hydrogens is 178 g/mol. The predicted octanol–water partition coefficient (Wildman–Crippen LogP) is 1.30. The zero-order valence-electron chi connectivity index (χ0n) is 9.55. The highest BCUT2D eigenvalue weighted by Crippen LogP contribution is 2.24. The average molecular weight is 201 g/mol. The van der Waals surface area contributed by atoms with Crippen molar-refractivity contribution >= 4 is 0 Å². The number of hydrogen-bond donors (Lipinski definition) is 2. The summed E-state index contributed by atoms with van der Waals surface area (Å²) >= 11 is 0. The minimum atomic E-state index is -0.651. The SMILES string of the molecule is CCCC(C)NCC1(O)CCOC1C. The summed E-state index contributed by atoms with van der Waals surface area (Å²) in [6.45, 7) is 7.61. The second kappa shape index (κ2) is 5.10. The Labute approximate surface area is 86.8 Å². The van der Waals surface area contributed by atoms with E-state index < -0.39 is 5.60 Å². The lowest BCUT2D eigenvalue weighted by Gasteiger charge is -2.28. The fourth-order valence-corrected chi connectivity index (χ4v) is 1.89. The molecule has 3 unspecified atom stereocenters. The lowest BCUT2D eigenvalue weighted by atomic mass is 9.96. The van der Waals surface area contributed by atoms with Gasteiger partial charge in [-0.15, -0.1) is 0 Å². The van der Waals surface area contributed by atoms with Crippen LogP contribution < -0.4 is 5.32 Å². The minimum absolute atomic E-state index is 0.0381. The first kappa shape index (κ1) is 12.0. The second-order valence-electron chi connectivity index (χ2n) is 4.44. The van der Waals surface area contributed by atoms with Crippen molar-refractivity contribution in [3.05, 3.63) is 0 Å². The van der Waals surface area contributed by atoms with Crippen molar-refractivity contribution in [2.24, 2.45) is 0 Å². The van der Waals surface area contributed by atoms with Crippen LogP contribution in [-0.4, -0.2) is 36.0 Å². The summed E-state index contributed by atoms with van der Waals surface area (Å²) in [7, 11) is 0. The molecule has 1 heterocycles. The van der Waals surface area contributed by atoms with Gasteiger partial charge in [0, 0.05) is 25.6 Å². The van der Waals surface area contributed by atoms with E-state index in [0.29, 0.717) is 19.2 Å². The predicted molar refractivity (Wildman–Crippen MR) is 57.4 cm³/mol. The molecule has 0 saturated carbocycles. The molecular formula is C11H23NO2. The molecule has 0 bridgehead atoms. The van der Waals surface area contributed by atoms with E-state index >= 15 is 0 Å². The summed E-state index contributed by atoms with van der Waals surface area (Å²) in [5, 5.41) is 13.6. The minimum Gasteiger partial charge on any atom is -0.386 e. The smallest absolute Gasteiger partial charge is 0.105 e. The molecule has 14 heavy (non-hydrogen) atoms. The quantitative estimate of drug-likeness (QED) is 0.704. The average Bonchev–Trinajstić information content (AvgIpc) is 2.46. The molecule has 0 aromatic rings. The number of rotatable bonds is 5. The van der Waals surface area contributed by atoms with Crippen LogP contribution in [0.2, 0.25) is 0 Å². The first-order chi connectivity index (χ1) is 6.58. The van der Waals surface area contributed by atoms with E-state index in [-0.39, 0.29) is 6.10 Å². The van der Waals surface area contributed by atoms with Gasteiger partial charge in [0.15, 0.2) is 0 Å². The molecule has 1 aliphatic rings. The Bertz CT molecular complexity index is 175. The van der Waals surface area contributed by atoms with Crippen LogP contribution in [0, 0.1) is 0 Å². The molecule has 0 aromatic heterocycles. The van der Waals surface area contributed by atoms with Crippen LogP contribution in [0.3, 0.4) is 0 Å². The Morgan fingerprint density at radius 3 is 2.86 bits per heavy atom. The third-order valence-corrected chi connectivity index (χ3v) is 3.14. The van der Waals surface area contributed by atoms with Crippen LogP contribution in [0.1, 0.15) is 40.0 Å². The largest absolute Gasteiger partial charge is 0.386 e. The van der Waals surface area contributed by atoms with Crippen molar-refractivity contribution in [1.29, 1.82) is 0 Å². The third-order valence-electron chi connectivity index (χ3n) is 3.14. The summed E-state index contributed by atoms with van der Waals surface area (Å²) in [5.41, 5.74) is -0.651. The maximum absolute atomic E-state index is 10.2. The molecule has 3 nitrogen and oxygen atoms in total. The van der Waals surface area contributed by atoms with E-state index in [2.05, 4.69) is 19.2 Å². The van der Waals surface area contributed by atoms with Gasteiger partial charge in [0.2, 0.25) is 0 Å². The Kier molecular flexibility index (Phi) is 4.35. The molecule has 3 atom stereocenters. The van der Waals surface area contributed by atoms with Crippen molar-refractivity contribution in [2.45, 2.75) is 57.8 Å². The number of nitrogens with one attached hydrogen (secondary N) is 1. The molecule has 0 amide bonds. The molecule has 0 spiro atoms. The molecule has 3 heteroatoms.